The number of aliphatic hydroxyl groups excluding tert-OH is 1. The molecule has 0 aromatic heterocycles. The SMILES string of the molecule is C=CCOC[C@@H](O)CN(Cc1ccc(F)cc1)C[C@@H]1CC(c2ccc(Cl)cc2)=NO1. The summed E-state index contributed by atoms with van der Waals surface area (Å²) in [5, 5.41) is 15.3. The third-order valence-corrected chi connectivity index (χ3v) is 4.96. The highest BCUT2D eigenvalue weighted by Gasteiger charge is 2.25. The summed E-state index contributed by atoms with van der Waals surface area (Å²) in [5.41, 5.74) is 2.80. The first kappa shape index (κ1) is 22.4. The van der Waals surface area contributed by atoms with Gasteiger partial charge in [0, 0.05) is 31.1 Å². The molecule has 0 fully saturated rings. The molecule has 1 aliphatic heterocycles. The first-order chi connectivity index (χ1) is 14.5. The quantitative estimate of drug-likeness (QED) is 0.430. The van der Waals surface area contributed by atoms with Crippen molar-refractivity contribution in [2.75, 3.05) is 26.3 Å². The Morgan fingerprint density at radius 3 is 2.70 bits per heavy atom. The van der Waals surface area contributed by atoms with Crippen LogP contribution in [0.15, 0.2) is 66.3 Å². The molecule has 0 radical (unpaired) electrons. The number of aliphatic hydroxyl groups is 1. The van der Waals surface area contributed by atoms with Crippen molar-refractivity contribution in [1.29, 1.82) is 0 Å². The van der Waals surface area contributed by atoms with Crippen LogP contribution in [0.25, 0.3) is 0 Å². The van der Waals surface area contributed by atoms with E-state index in [4.69, 9.17) is 21.2 Å². The lowest BCUT2D eigenvalue weighted by Gasteiger charge is -2.27. The van der Waals surface area contributed by atoms with Gasteiger partial charge in [-0.25, -0.2) is 4.39 Å². The van der Waals surface area contributed by atoms with Crippen molar-refractivity contribution in [2.24, 2.45) is 5.16 Å². The monoisotopic (exact) mass is 432 g/mol. The van der Waals surface area contributed by atoms with Gasteiger partial charge in [-0.2, -0.15) is 0 Å². The number of nitrogens with zero attached hydrogens (tertiary/aromatic N) is 2. The van der Waals surface area contributed by atoms with Gasteiger partial charge >= 0.3 is 0 Å². The molecule has 0 bridgehead atoms. The number of ether oxygens (including phenoxy) is 1. The van der Waals surface area contributed by atoms with E-state index >= 15 is 0 Å². The third-order valence-electron chi connectivity index (χ3n) is 4.71. The summed E-state index contributed by atoms with van der Waals surface area (Å²) in [7, 11) is 0. The maximum absolute atomic E-state index is 13.2. The molecule has 0 unspecified atom stereocenters. The fraction of sp³-hybridized carbons (Fsp3) is 0.348. The van der Waals surface area contributed by atoms with Gasteiger partial charge in [0.2, 0.25) is 0 Å². The van der Waals surface area contributed by atoms with Gasteiger partial charge in [0.25, 0.3) is 0 Å². The van der Waals surface area contributed by atoms with E-state index in [1.54, 1.807) is 18.2 Å². The Morgan fingerprint density at radius 1 is 1.27 bits per heavy atom. The Morgan fingerprint density at radius 2 is 2.00 bits per heavy atom. The van der Waals surface area contributed by atoms with Crippen LogP contribution in [0.4, 0.5) is 4.39 Å². The molecule has 0 spiro atoms. The standard InChI is InChI=1S/C23H26ClFN2O3/c1-2-11-29-16-21(28)14-27(13-17-3-9-20(25)10-4-17)15-22-12-23(26-30-22)18-5-7-19(24)8-6-18/h2-10,21-22,28H,1,11-16H2/t21-,22-/m0/s1. The highest BCUT2D eigenvalue weighted by molar-refractivity contribution is 6.30. The number of hydrogen-bond donors (Lipinski definition) is 1. The van der Waals surface area contributed by atoms with E-state index < -0.39 is 6.10 Å². The second-order valence-corrected chi connectivity index (χ2v) is 7.71. The molecule has 5 nitrogen and oxygen atoms in total. The summed E-state index contributed by atoms with van der Waals surface area (Å²) in [6.45, 7) is 5.71. The van der Waals surface area contributed by atoms with Crippen molar-refractivity contribution in [1.82, 2.24) is 4.90 Å². The molecule has 1 heterocycles. The minimum Gasteiger partial charge on any atom is -0.390 e. The highest BCUT2D eigenvalue weighted by atomic mass is 35.5. The predicted octanol–water partition coefficient (Wildman–Crippen LogP) is 4.04. The van der Waals surface area contributed by atoms with E-state index in [0.29, 0.717) is 37.7 Å². The summed E-state index contributed by atoms with van der Waals surface area (Å²) in [4.78, 5) is 7.71. The summed E-state index contributed by atoms with van der Waals surface area (Å²) in [5.74, 6) is -0.275. The molecular formula is C23H26ClFN2O3. The van der Waals surface area contributed by atoms with Crippen molar-refractivity contribution in [2.45, 2.75) is 25.2 Å². The second kappa shape index (κ2) is 11.2. The zero-order chi connectivity index (χ0) is 21.3. The predicted molar refractivity (Wildman–Crippen MR) is 116 cm³/mol. The molecule has 0 saturated heterocycles. The smallest absolute Gasteiger partial charge is 0.145 e. The minimum absolute atomic E-state index is 0.141. The molecule has 1 N–H and O–H groups in total. The van der Waals surface area contributed by atoms with E-state index in [1.807, 2.05) is 24.3 Å². The largest absolute Gasteiger partial charge is 0.390 e. The minimum atomic E-state index is -0.663. The molecule has 2 atom stereocenters. The number of oxime groups is 1. The van der Waals surface area contributed by atoms with Crippen molar-refractivity contribution in [3.8, 4) is 0 Å². The topological polar surface area (TPSA) is 54.3 Å². The fourth-order valence-corrected chi connectivity index (χ4v) is 3.44. The molecule has 30 heavy (non-hydrogen) atoms. The van der Waals surface area contributed by atoms with Crippen molar-refractivity contribution in [3.63, 3.8) is 0 Å². The van der Waals surface area contributed by atoms with E-state index in [9.17, 15) is 9.50 Å². The zero-order valence-electron chi connectivity index (χ0n) is 16.7. The van der Waals surface area contributed by atoms with Gasteiger partial charge in [-0.15, -0.1) is 6.58 Å². The maximum Gasteiger partial charge on any atom is 0.145 e. The third kappa shape index (κ3) is 6.92. The van der Waals surface area contributed by atoms with E-state index in [1.165, 1.54) is 12.1 Å². The Kier molecular flexibility index (Phi) is 8.39. The van der Waals surface area contributed by atoms with Gasteiger partial charge in [0.15, 0.2) is 0 Å². The summed E-state index contributed by atoms with van der Waals surface area (Å²) >= 11 is 5.96. The van der Waals surface area contributed by atoms with Crippen LogP contribution in [0.1, 0.15) is 17.5 Å². The maximum atomic E-state index is 13.2. The lowest BCUT2D eigenvalue weighted by molar-refractivity contribution is 0.00335. The van der Waals surface area contributed by atoms with Crippen LogP contribution in [0, 0.1) is 5.82 Å². The molecule has 1 aliphatic rings. The molecule has 0 amide bonds. The highest BCUT2D eigenvalue weighted by Crippen LogP contribution is 2.20. The summed E-state index contributed by atoms with van der Waals surface area (Å²) in [6, 6.07) is 13.9. The van der Waals surface area contributed by atoms with Gasteiger partial charge in [-0.05, 0) is 35.4 Å². The van der Waals surface area contributed by atoms with Crippen LogP contribution >= 0.6 is 11.6 Å². The fourth-order valence-electron chi connectivity index (χ4n) is 3.32. The lowest BCUT2D eigenvalue weighted by atomic mass is 10.0. The van der Waals surface area contributed by atoms with Crippen LogP contribution in [0.5, 0.6) is 0 Å². The Labute approximate surface area is 181 Å². The van der Waals surface area contributed by atoms with Crippen molar-refractivity contribution in [3.05, 3.63) is 83.2 Å². The molecule has 7 heteroatoms. The normalized spacial score (nSPS) is 16.9. The molecule has 0 saturated carbocycles. The Balaban J connectivity index is 1.60. The zero-order valence-corrected chi connectivity index (χ0v) is 17.5. The van der Waals surface area contributed by atoms with Crippen LogP contribution in [0.3, 0.4) is 0 Å². The van der Waals surface area contributed by atoms with Crippen molar-refractivity contribution < 1.29 is 19.1 Å². The van der Waals surface area contributed by atoms with Crippen LogP contribution in [-0.2, 0) is 16.1 Å². The van der Waals surface area contributed by atoms with E-state index in [2.05, 4.69) is 16.6 Å². The van der Waals surface area contributed by atoms with Crippen LogP contribution in [-0.4, -0.2) is 54.2 Å². The average molecular weight is 433 g/mol. The van der Waals surface area contributed by atoms with Gasteiger partial charge < -0.3 is 14.7 Å². The van der Waals surface area contributed by atoms with Crippen molar-refractivity contribution >= 4 is 17.3 Å². The van der Waals surface area contributed by atoms with Gasteiger partial charge in [0.05, 0.1) is 25.0 Å². The molecule has 160 valence electrons. The lowest BCUT2D eigenvalue weighted by Crippen LogP contribution is -2.39. The molecule has 2 aromatic carbocycles. The second-order valence-electron chi connectivity index (χ2n) is 7.28. The molecule has 0 aliphatic carbocycles. The number of halogens is 2. The van der Waals surface area contributed by atoms with Gasteiger partial charge in [0.1, 0.15) is 11.9 Å². The van der Waals surface area contributed by atoms with E-state index in [-0.39, 0.29) is 18.5 Å². The first-order valence-corrected chi connectivity index (χ1v) is 10.2. The summed E-state index contributed by atoms with van der Waals surface area (Å²) < 4.78 is 18.6. The Bertz CT molecular complexity index is 843. The molecule has 3 rings (SSSR count). The number of benzene rings is 2. The summed E-state index contributed by atoms with van der Waals surface area (Å²) in [6.07, 6.45) is 1.50. The van der Waals surface area contributed by atoms with Gasteiger partial charge in [-0.1, -0.05) is 47.1 Å². The average Bonchev–Trinajstić information content (AvgIpc) is 3.19. The number of hydrogen-bond acceptors (Lipinski definition) is 5. The number of rotatable bonds is 11. The first-order valence-electron chi connectivity index (χ1n) is 9.85. The van der Waals surface area contributed by atoms with Gasteiger partial charge in [-0.3, -0.25) is 4.90 Å². The molecular weight excluding hydrogens is 407 g/mol. The van der Waals surface area contributed by atoms with Crippen LogP contribution in [0.2, 0.25) is 5.02 Å². The van der Waals surface area contributed by atoms with Crippen LogP contribution < -0.4 is 0 Å². The Hall–Kier alpha value is -2.25. The van der Waals surface area contributed by atoms with E-state index in [0.717, 1.165) is 16.8 Å². The molecule has 2 aromatic rings.